The first kappa shape index (κ1) is 10.8. The van der Waals surface area contributed by atoms with E-state index in [-0.39, 0.29) is 6.04 Å². The van der Waals surface area contributed by atoms with Crippen molar-refractivity contribution in [3.63, 3.8) is 0 Å². The molecule has 1 aliphatic heterocycles. The molecule has 84 valence electrons. The Hall–Kier alpha value is -1.70. The monoisotopic (exact) mass is 218 g/mol. The summed E-state index contributed by atoms with van der Waals surface area (Å²) in [5.41, 5.74) is 3.63. The highest BCUT2D eigenvalue weighted by Crippen LogP contribution is 2.37. The molecule has 0 radical (unpaired) electrons. The van der Waals surface area contributed by atoms with Gasteiger partial charge in [0.2, 0.25) is 0 Å². The Morgan fingerprint density at radius 2 is 2.25 bits per heavy atom. The molecule has 1 aliphatic rings. The standard InChI is InChI=1S/C12H14N2O2/c1-2-4-10(14-13)9-5-3-6-11-12(9)16-8-7-15-11/h1,3,5-6,10,14H,4,7-8,13H2. The molecule has 4 heteroatoms. The van der Waals surface area contributed by atoms with Crippen LogP contribution in [0.15, 0.2) is 18.2 Å². The van der Waals surface area contributed by atoms with E-state index in [1.54, 1.807) is 0 Å². The smallest absolute Gasteiger partial charge is 0.166 e. The van der Waals surface area contributed by atoms with Crippen LogP contribution in [0.3, 0.4) is 0 Å². The molecule has 1 aromatic carbocycles. The predicted molar refractivity (Wildman–Crippen MR) is 60.9 cm³/mol. The Balaban J connectivity index is 2.36. The number of nitrogens with two attached hydrogens (primary N) is 1. The molecule has 0 aromatic heterocycles. The van der Waals surface area contributed by atoms with Crippen LogP contribution in [-0.4, -0.2) is 13.2 Å². The van der Waals surface area contributed by atoms with Crippen LogP contribution in [0.1, 0.15) is 18.0 Å². The molecule has 1 atom stereocenters. The van der Waals surface area contributed by atoms with E-state index in [4.69, 9.17) is 21.7 Å². The van der Waals surface area contributed by atoms with Crippen LogP contribution in [0.5, 0.6) is 11.5 Å². The third-order valence-electron chi connectivity index (χ3n) is 2.50. The largest absolute Gasteiger partial charge is 0.486 e. The average Bonchev–Trinajstić information content (AvgIpc) is 2.35. The van der Waals surface area contributed by atoms with E-state index in [9.17, 15) is 0 Å². The molecule has 0 bridgehead atoms. The van der Waals surface area contributed by atoms with Gasteiger partial charge in [0.25, 0.3) is 0 Å². The van der Waals surface area contributed by atoms with E-state index in [1.807, 2.05) is 18.2 Å². The van der Waals surface area contributed by atoms with Crippen molar-refractivity contribution in [1.82, 2.24) is 5.43 Å². The van der Waals surface area contributed by atoms with Gasteiger partial charge in [-0.05, 0) is 6.07 Å². The van der Waals surface area contributed by atoms with Crippen molar-refractivity contribution in [3.05, 3.63) is 23.8 Å². The molecule has 0 aliphatic carbocycles. The quantitative estimate of drug-likeness (QED) is 0.451. The SMILES string of the molecule is C#CCC(NN)c1cccc2c1OCCO2. The molecular formula is C12H14N2O2. The Labute approximate surface area is 94.7 Å². The lowest BCUT2D eigenvalue weighted by molar-refractivity contribution is 0.168. The van der Waals surface area contributed by atoms with Crippen LogP contribution in [-0.2, 0) is 0 Å². The van der Waals surface area contributed by atoms with Gasteiger partial charge in [-0.3, -0.25) is 11.3 Å². The first-order valence-corrected chi connectivity index (χ1v) is 5.15. The third-order valence-corrected chi connectivity index (χ3v) is 2.50. The normalized spacial score (nSPS) is 15.2. The molecule has 1 unspecified atom stereocenters. The van der Waals surface area contributed by atoms with E-state index in [2.05, 4.69) is 11.3 Å². The van der Waals surface area contributed by atoms with E-state index in [0.29, 0.717) is 19.6 Å². The van der Waals surface area contributed by atoms with Crippen LogP contribution in [0.25, 0.3) is 0 Å². The van der Waals surface area contributed by atoms with Crippen molar-refractivity contribution in [3.8, 4) is 23.8 Å². The lowest BCUT2D eigenvalue weighted by Gasteiger charge is -2.24. The maximum Gasteiger partial charge on any atom is 0.166 e. The van der Waals surface area contributed by atoms with Crippen molar-refractivity contribution in [2.45, 2.75) is 12.5 Å². The Morgan fingerprint density at radius 3 is 3.00 bits per heavy atom. The molecule has 0 fully saturated rings. The van der Waals surface area contributed by atoms with Gasteiger partial charge in [0.1, 0.15) is 13.2 Å². The maximum absolute atomic E-state index is 5.59. The first-order valence-electron chi connectivity index (χ1n) is 5.15. The Bertz CT molecular complexity index is 412. The van der Waals surface area contributed by atoms with Crippen LogP contribution < -0.4 is 20.7 Å². The fraction of sp³-hybridized carbons (Fsp3) is 0.333. The minimum atomic E-state index is -0.110. The Kier molecular flexibility index (Phi) is 3.30. The van der Waals surface area contributed by atoms with Crippen molar-refractivity contribution in [1.29, 1.82) is 0 Å². The molecular weight excluding hydrogens is 204 g/mol. The van der Waals surface area contributed by atoms with Crippen LogP contribution in [0.4, 0.5) is 0 Å². The maximum atomic E-state index is 5.59. The van der Waals surface area contributed by atoms with Crippen molar-refractivity contribution < 1.29 is 9.47 Å². The number of para-hydroxylation sites is 1. The summed E-state index contributed by atoms with van der Waals surface area (Å²) in [7, 11) is 0. The van der Waals surface area contributed by atoms with Gasteiger partial charge in [-0.25, -0.2) is 0 Å². The summed E-state index contributed by atoms with van der Waals surface area (Å²) in [4.78, 5) is 0. The number of hydrazine groups is 1. The van der Waals surface area contributed by atoms with Crippen LogP contribution in [0, 0.1) is 12.3 Å². The zero-order valence-corrected chi connectivity index (χ0v) is 8.90. The summed E-state index contributed by atoms with van der Waals surface area (Å²) in [5, 5.41) is 0. The van der Waals surface area contributed by atoms with Crippen molar-refractivity contribution >= 4 is 0 Å². The Morgan fingerprint density at radius 1 is 1.44 bits per heavy atom. The zero-order valence-electron chi connectivity index (χ0n) is 8.90. The molecule has 1 aromatic rings. The topological polar surface area (TPSA) is 56.5 Å². The summed E-state index contributed by atoms with van der Waals surface area (Å²) in [6, 6.07) is 5.61. The number of benzene rings is 1. The first-order chi connectivity index (χ1) is 7.86. The molecule has 0 spiro atoms. The minimum Gasteiger partial charge on any atom is -0.486 e. The number of fused-ring (bicyclic) bond motifs is 1. The number of rotatable bonds is 3. The molecule has 0 amide bonds. The highest BCUT2D eigenvalue weighted by molar-refractivity contribution is 5.49. The zero-order chi connectivity index (χ0) is 11.4. The number of ether oxygens (including phenoxy) is 2. The number of hydrogen-bond donors (Lipinski definition) is 2. The van der Waals surface area contributed by atoms with Gasteiger partial charge in [-0.15, -0.1) is 12.3 Å². The second-order valence-corrected chi connectivity index (χ2v) is 3.50. The fourth-order valence-electron chi connectivity index (χ4n) is 1.75. The van der Waals surface area contributed by atoms with Gasteiger partial charge >= 0.3 is 0 Å². The van der Waals surface area contributed by atoms with E-state index in [1.165, 1.54) is 0 Å². The van der Waals surface area contributed by atoms with Crippen LogP contribution >= 0.6 is 0 Å². The van der Waals surface area contributed by atoms with Gasteiger partial charge in [-0.2, -0.15) is 0 Å². The molecule has 0 saturated heterocycles. The van der Waals surface area contributed by atoms with E-state index >= 15 is 0 Å². The lowest BCUT2D eigenvalue weighted by atomic mass is 10.0. The third kappa shape index (κ3) is 1.96. The van der Waals surface area contributed by atoms with Crippen molar-refractivity contribution in [2.24, 2.45) is 5.84 Å². The van der Waals surface area contributed by atoms with Gasteiger partial charge < -0.3 is 9.47 Å². The van der Waals surface area contributed by atoms with Crippen molar-refractivity contribution in [2.75, 3.05) is 13.2 Å². The summed E-state index contributed by atoms with van der Waals surface area (Å²) >= 11 is 0. The van der Waals surface area contributed by atoms with Crippen LogP contribution in [0.2, 0.25) is 0 Å². The summed E-state index contributed by atoms with van der Waals surface area (Å²) in [6.45, 7) is 1.13. The number of terminal acetylenes is 1. The van der Waals surface area contributed by atoms with E-state index < -0.39 is 0 Å². The molecule has 1 heterocycles. The molecule has 2 rings (SSSR count). The summed E-state index contributed by atoms with van der Waals surface area (Å²) < 4.78 is 11.1. The summed E-state index contributed by atoms with van der Waals surface area (Å²) in [6.07, 6.45) is 5.81. The fourth-order valence-corrected chi connectivity index (χ4v) is 1.75. The minimum absolute atomic E-state index is 0.110. The molecule has 16 heavy (non-hydrogen) atoms. The van der Waals surface area contributed by atoms with Gasteiger partial charge in [0.15, 0.2) is 11.5 Å². The van der Waals surface area contributed by atoms with Gasteiger partial charge in [0, 0.05) is 12.0 Å². The second-order valence-electron chi connectivity index (χ2n) is 3.50. The molecule has 3 N–H and O–H groups in total. The highest BCUT2D eigenvalue weighted by atomic mass is 16.6. The van der Waals surface area contributed by atoms with Gasteiger partial charge in [-0.1, -0.05) is 12.1 Å². The second kappa shape index (κ2) is 4.88. The average molecular weight is 218 g/mol. The molecule has 0 saturated carbocycles. The number of hydrogen-bond acceptors (Lipinski definition) is 4. The molecule has 4 nitrogen and oxygen atoms in total. The lowest BCUT2D eigenvalue weighted by Crippen LogP contribution is -2.29. The predicted octanol–water partition coefficient (Wildman–Crippen LogP) is 0.985. The van der Waals surface area contributed by atoms with Gasteiger partial charge in [0.05, 0.1) is 6.04 Å². The summed E-state index contributed by atoms with van der Waals surface area (Å²) in [5.74, 6) is 9.56. The number of nitrogens with one attached hydrogen (secondary N) is 1. The highest BCUT2D eigenvalue weighted by Gasteiger charge is 2.20. The van der Waals surface area contributed by atoms with E-state index in [0.717, 1.165) is 17.1 Å².